The average Bonchev–Trinajstić information content (AvgIpc) is 2.56. The van der Waals surface area contributed by atoms with Crippen molar-refractivity contribution in [3.63, 3.8) is 0 Å². The zero-order valence-electron chi connectivity index (χ0n) is 16.4. The second-order valence-electron chi connectivity index (χ2n) is 5.59. The number of hydrogen-bond donors (Lipinski definition) is 2. The number of carbonyl (C=O) groups excluding carboxylic acids is 4. The predicted molar refractivity (Wildman–Crippen MR) is 98.1 cm³/mol. The number of esters is 2. The molecule has 0 bridgehead atoms. The Morgan fingerprint density at radius 2 is 1.23 bits per heavy atom. The van der Waals surface area contributed by atoms with E-state index in [1.54, 1.807) is 6.08 Å². The van der Waals surface area contributed by atoms with Crippen LogP contribution >= 0.6 is 0 Å². The van der Waals surface area contributed by atoms with Gasteiger partial charge in [-0.1, -0.05) is 17.7 Å². The minimum atomic E-state index is -0.606. The Morgan fingerprint density at radius 3 is 1.50 bits per heavy atom. The first-order chi connectivity index (χ1) is 12.1. The van der Waals surface area contributed by atoms with Crippen LogP contribution in [0.15, 0.2) is 24.3 Å². The monoisotopic (exact) mass is 370 g/mol. The second-order valence-corrected chi connectivity index (χ2v) is 5.59. The third-order valence-corrected chi connectivity index (χ3v) is 2.89. The Bertz CT molecular complexity index is 524. The van der Waals surface area contributed by atoms with E-state index in [4.69, 9.17) is 0 Å². The van der Waals surface area contributed by atoms with Gasteiger partial charge in [-0.25, -0.2) is 9.59 Å². The van der Waals surface area contributed by atoms with E-state index < -0.39 is 24.0 Å². The van der Waals surface area contributed by atoms with E-state index in [0.29, 0.717) is 12.8 Å². The second kappa shape index (κ2) is 14.7. The molecule has 8 nitrogen and oxygen atoms in total. The van der Waals surface area contributed by atoms with Gasteiger partial charge in [-0.15, -0.1) is 6.58 Å². The Balaban J connectivity index is 0. The van der Waals surface area contributed by atoms with Crippen LogP contribution < -0.4 is 10.6 Å². The van der Waals surface area contributed by atoms with Crippen molar-refractivity contribution in [3.8, 4) is 0 Å². The molecule has 26 heavy (non-hydrogen) atoms. The first-order valence-electron chi connectivity index (χ1n) is 8.03. The highest BCUT2D eigenvalue weighted by atomic mass is 16.5. The van der Waals surface area contributed by atoms with Crippen LogP contribution in [0.1, 0.15) is 40.5 Å². The highest BCUT2D eigenvalue weighted by Gasteiger charge is 2.18. The van der Waals surface area contributed by atoms with Gasteiger partial charge in [-0.2, -0.15) is 0 Å². The molecule has 8 heteroatoms. The summed E-state index contributed by atoms with van der Waals surface area (Å²) in [6.45, 7) is 10.1. The molecular weight excluding hydrogens is 340 g/mol. The fourth-order valence-electron chi connectivity index (χ4n) is 1.72. The van der Waals surface area contributed by atoms with Crippen molar-refractivity contribution in [2.75, 3.05) is 14.2 Å². The van der Waals surface area contributed by atoms with Gasteiger partial charge in [0.2, 0.25) is 11.8 Å². The van der Waals surface area contributed by atoms with Crippen LogP contribution in [-0.4, -0.2) is 50.1 Å². The van der Waals surface area contributed by atoms with Crippen LogP contribution in [-0.2, 0) is 28.7 Å². The molecule has 0 rings (SSSR count). The number of ether oxygens (including phenoxy) is 2. The molecular formula is C18H30N2O6. The maximum Gasteiger partial charge on any atom is 0.328 e. The molecule has 0 aromatic rings. The zero-order valence-corrected chi connectivity index (χ0v) is 16.4. The average molecular weight is 370 g/mol. The van der Waals surface area contributed by atoms with E-state index >= 15 is 0 Å². The Hall–Kier alpha value is -2.64. The van der Waals surface area contributed by atoms with E-state index in [0.717, 1.165) is 5.57 Å². The number of nitrogens with one attached hydrogen (secondary N) is 2. The minimum absolute atomic E-state index is 0.234. The molecule has 148 valence electrons. The molecule has 0 aromatic heterocycles. The topological polar surface area (TPSA) is 111 Å². The fourth-order valence-corrected chi connectivity index (χ4v) is 1.72. The summed E-state index contributed by atoms with van der Waals surface area (Å²) in [5.41, 5.74) is 1.10. The third-order valence-electron chi connectivity index (χ3n) is 2.89. The number of methoxy groups -OCH3 is 2. The lowest BCUT2D eigenvalue weighted by Gasteiger charge is -2.13. The molecule has 2 atom stereocenters. The van der Waals surface area contributed by atoms with Crippen LogP contribution in [0, 0.1) is 0 Å². The highest BCUT2D eigenvalue weighted by molar-refractivity contribution is 5.83. The molecule has 2 amide bonds. The van der Waals surface area contributed by atoms with Gasteiger partial charge in [0.1, 0.15) is 12.1 Å². The van der Waals surface area contributed by atoms with Crippen molar-refractivity contribution in [3.05, 3.63) is 24.3 Å². The molecule has 0 fully saturated rings. The normalized spacial score (nSPS) is 11.5. The molecule has 0 aliphatic heterocycles. The molecule has 0 spiro atoms. The van der Waals surface area contributed by atoms with E-state index in [9.17, 15) is 19.2 Å². The van der Waals surface area contributed by atoms with Crippen molar-refractivity contribution in [2.24, 2.45) is 0 Å². The number of amides is 2. The van der Waals surface area contributed by atoms with Gasteiger partial charge in [0, 0.05) is 13.8 Å². The zero-order chi connectivity index (χ0) is 20.7. The summed E-state index contributed by atoms with van der Waals surface area (Å²) in [4.78, 5) is 43.5. The summed E-state index contributed by atoms with van der Waals surface area (Å²) in [5, 5.41) is 4.97. The van der Waals surface area contributed by atoms with Crippen LogP contribution in [0.5, 0.6) is 0 Å². The van der Waals surface area contributed by atoms with Crippen LogP contribution in [0.25, 0.3) is 0 Å². The summed E-state index contributed by atoms with van der Waals surface area (Å²) in [7, 11) is 2.58. The van der Waals surface area contributed by atoms with Crippen molar-refractivity contribution < 1.29 is 28.7 Å². The molecule has 0 aromatic carbocycles. The molecule has 0 saturated carbocycles. The molecule has 0 unspecified atom stereocenters. The molecule has 2 N–H and O–H groups in total. The third kappa shape index (κ3) is 13.8. The van der Waals surface area contributed by atoms with E-state index in [1.165, 1.54) is 28.1 Å². The van der Waals surface area contributed by atoms with Crippen LogP contribution in [0.3, 0.4) is 0 Å². The van der Waals surface area contributed by atoms with Gasteiger partial charge in [0.15, 0.2) is 0 Å². The van der Waals surface area contributed by atoms with Gasteiger partial charge in [0.25, 0.3) is 0 Å². The number of hydrogen-bond acceptors (Lipinski definition) is 6. The maximum atomic E-state index is 11.2. The molecule has 0 aliphatic carbocycles. The van der Waals surface area contributed by atoms with Crippen LogP contribution in [0.4, 0.5) is 0 Å². The molecule has 0 heterocycles. The summed E-state index contributed by atoms with van der Waals surface area (Å²) >= 11 is 0. The lowest BCUT2D eigenvalue weighted by Crippen LogP contribution is -2.40. The van der Waals surface area contributed by atoms with Gasteiger partial charge in [0.05, 0.1) is 14.2 Å². The smallest absolute Gasteiger partial charge is 0.328 e. The molecule has 0 saturated heterocycles. The first-order valence-corrected chi connectivity index (χ1v) is 8.03. The SMILES string of the molecule is C=CC[C@H](NC(C)=O)C(=O)OC.COC(=O)[C@H](CC=C(C)C)NC(C)=O. The van der Waals surface area contributed by atoms with Gasteiger partial charge >= 0.3 is 11.9 Å². The lowest BCUT2D eigenvalue weighted by atomic mass is 10.1. The molecule has 0 aliphatic rings. The van der Waals surface area contributed by atoms with E-state index in [2.05, 4.69) is 26.7 Å². The van der Waals surface area contributed by atoms with Gasteiger partial charge in [-0.05, 0) is 26.7 Å². The maximum absolute atomic E-state index is 11.2. The quantitative estimate of drug-likeness (QED) is 0.492. The van der Waals surface area contributed by atoms with Crippen molar-refractivity contribution in [1.82, 2.24) is 10.6 Å². The molecule has 0 radical (unpaired) electrons. The summed E-state index contributed by atoms with van der Waals surface area (Å²) in [6.07, 6.45) is 4.29. The van der Waals surface area contributed by atoms with Crippen LogP contribution in [0.2, 0.25) is 0 Å². The lowest BCUT2D eigenvalue weighted by molar-refractivity contribution is -0.145. The van der Waals surface area contributed by atoms with Crippen molar-refractivity contribution >= 4 is 23.8 Å². The number of carbonyl (C=O) groups is 4. The minimum Gasteiger partial charge on any atom is -0.467 e. The largest absolute Gasteiger partial charge is 0.467 e. The number of allylic oxidation sites excluding steroid dienone is 1. The summed E-state index contributed by atoms with van der Waals surface area (Å²) < 4.78 is 9.03. The Kier molecular flexibility index (Phi) is 14.5. The summed E-state index contributed by atoms with van der Waals surface area (Å²) in [6, 6.07) is -1.18. The van der Waals surface area contributed by atoms with Crippen molar-refractivity contribution in [1.29, 1.82) is 0 Å². The Labute approximate surface area is 155 Å². The number of rotatable bonds is 8. The van der Waals surface area contributed by atoms with Crippen molar-refractivity contribution in [2.45, 2.75) is 52.6 Å². The first kappa shape index (κ1) is 25.6. The standard InChI is InChI=1S/C10H17NO3.C8H13NO3/c1-7(2)5-6-9(10(13)14-4)11-8(3)12;1-4-5-7(8(11)12-3)9-6(2)10/h5,9H,6H2,1-4H3,(H,11,12);4,7H,1,5H2,2-3H3,(H,9,10)/t9-;7-/m00/s1. The predicted octanol–water partition coefficient (Wildman–Crippen LogP) is 1.26. The van der Waals surface area contributed by atoms with Gasteiger partial charge < -0.3 is 20.1 Å². The van der Waals surface area contributed by atoms with E-state index in [-0.39, 0.29) is 11.8 Å². The Morgan fingerprint density at radius 1 is 0.846 bits per heavy atom. The highest BCUT2D eigenvalue weighted by Crippen LogP contribution is 2.00. The fraction of sp³-hybridized carbons (Fsp3) is 0.556. The summed E-state index contributed by atoms with van der Waals surface area (Å²) in [5.74, 6) is -1.36. The van der Waals surface area contributed by atoms with E-state index in [1.807, 2.05) is 19.9 Å². The van der Waals surface area contributed by atoms with Gasteiger partial charge in [-0.3, -0.25) is 9.59 Å².